The number of hydrogen-bond acceptors (Lipinski definition) is 9. The highest BCUT2D eigenvalue weighted by Gasteiger charge is 2.45. The fraction of sp³-hybridized carbons (Fsp3) is 0.607. The summed E-state index contributed by atoms with van der Waals surface area (Å²) in [7, 11) is -3.80. The molecule has 12 heteroatoms. The van der Waals surface area contributed by atoms with Crippen molar-refractivity contribution >= 4 is 33.4 Å². The van der Waals surface area contributed by atoms with E-state index >= 15 is 0 Å². The van der Waals surface area contributed by atoms with E-state index < -0.39 is 15.6 Å². The van der Waals surface area contributed by atoms with E-state index in [1.54, 1.807) is 18.2 Å². The monoisotopic (exact) mass is 570 g/mol. The van der Waals surface area contributed by atoms with Gasteiger partial charge in [-0.1, -0.05) is 0 Å². The molecule has 1 atom stereocenters. The lowest BCUT2D eigenvalue weighted by molar-refractivity contribution is -0.0523. The van der Waals surface area contributed by atoms with Crippen LogP contribution in [0.4, 0.5) is 17.5 Å². The first kappa shape index (κ1) is 27.4. The highest BCUT2D eigenvalue weighted by atomic mass is 32.2. The Balaban J connectivity index is 1.28. The quantitative estimate of drug-likeness (QED) is 0.517. The van der Waals surface area contributed by atoms with E-state index in [2.05, 4.69) is 29.8 Å². The Kier molecular flexibility index (Phi) is 7.00. The Morgan fingerprint density at radius 1 is 1.05 bits per heavy atom. The summed E-state index contributed by atoms with van der Waals surface area (Å²) >= 11 is 0. The molecule has 1 amide bonds. The first-order valence-corrected chi connectivity index (χ1v) is 15.6. The van der Waals surface area contributed by atoms with Crippen LogP contribution in [0.25, 0.3) is 0 Å². The number of nitrogens with one attached hydrogen (secondary N) is 2. The number of rotatable bonds is 7. The maximum atomic E-state index is 13.7. The molecule has 0 radical (unpaired) electrons. The third kappa shape index (κ3) is 5.67. The van der Waals surface area contributed by atoms with Crippen LogP contribution in [0, 0.1) is 12.3 Å². The number of carbonyl (C=O) groups excluding carboxylic acids is 1. The fourth-order valence-electron chi connectivity index (χ4n) is 5.82. The maximum absolute atomic E-state index is 13.7. The van der Waals surface area contributed by atoms with Crippen LogP contribution in [0.5, 0.6) is 0 Å². The van der Waals surface area contributed by atoms with Crippen LogP contribution in [-0.4, -0.2) is 81.9 Å². The number of benzene rings is 1. The van der Waals surface area contributed by atoms with Gasteiger partial charge in [-0.3, -0.25) is 4.79 Å². The van der Waals surface area contributed by atoms with Gasteiger partial charge in [0.15, 0.2) is 0 Å². The summed E-state index contributed by atoms with van der Waals surface area (Å²) in [4.78, 5) is 27.3. The van der Waals surface area contributed by atoms with Crippen molar-refractivity contribution in [2.75, 3.05) is 61.1 Å². The molecular formula is C28H38N6O5S. The molecule has 2 aromatic rings. The van der Waals surface area contributed by atoms with Gasteiger partial charge in [-0.25, -0.2) is 18.1 Å². The molecule has 4 fully saturated rings. The smallest absolute Gasteiger partial charge is 0.258 e. The normalized spacial score (nSPS) is 23.5. The molecule has 6 rings (SSSR count). The number of aryl methyl sites for hydroxylation is 1. The number of hydrogen-bond donors (Lipinski definition) is 2. The molecule has 1 spiro atoms. The molecule has 216 valence electrons. The summed E-state index contributed by atoms with van der Waals surface area (Å²) < 4.78 is 40.2. The van der Waals surface area contributed by atoms with Gasteiger partial charge in [0.2, 0.25) is 16.0 Å². The minimum absolute atomic E-state index is 0.0708. The predicted molar refractivity (Wildman–Crippen MR) is 151 cm³/mol. The lowest BCUT2D eigenvalue weighted by atomic mass is 9.93. The third-order valence-electron chi connectivity index (χ3n) is 8.48. The van der Waals surface area contributed by atoms with Gasteiger partial charge in [-0.05, 0) is 70.1 Å². The van der Waals surface area contributed by atoms with E-state index in [0.717, 1.165) is 31.6 Å². The zero-order valence-electron chi connectivity index (χ0n) is 23.4. The highest BCUT2D eigenvalue weighted by molar-refractivity contribution is 7.89. The van der Waals surface area contributed by atoms with E-state index in [9.17, 15) is 13.2 Å². The van der Waals surface area contributed by atoms with Crippen LogP contribution in [0.3, 0.4) is 0 Å². The summed E-state index contributed by atoms with van der Waals surface area (Å²) in [6.45, 7) is 9.89. The zero-order chi connectivity index (χ0) is 28.1. The molecule has 11 nitrogen and oxygen atoms in total. The van der Waals surface area contributed by atoms with E-state index in [1.807, 2.05) is 20.8 Å². The van der Waals surface area contributed by atoms with Gasteiger partial charge in [-0.2, -0.15) is 4.98 Å². The maximum Gasteiger partial charge on any atom is 0.258 e. The first-order valence-electron chi connectivity index (χ1n) is 14.1. The van der Waals surface area contributed by atoms with Gasteiger partial charge in [0, 0.05) is 37.9 Å². The van der Waals surface area contributed by atoms with Crippen molar-refractivity contribution in [3.63, 3.8) is 0 Å². The number of nitrogens with zero attached hydrogens (tertiary/aromatic N) is 4. The van der Waals surface area contributed by atoms with Crippen molar-refractivity contribution in [3.05, 3.63) is 35.5 Å². The van der Waals surface area contributed by atoms with Crippen molar-refractivity contribution in [2.24, 2.45) is 5.41 Å². The molecule has 0 unspecified atom stereocenters. The number of morpholine rings is 1. The van der Waals surface area contributed by atoms with Crippen molar-refractivity contribution in [3.8, 4) is 0 Å². The summed E-state index contributed by atoms with van der Waals surface area (Å²) in [5.41, 5.74) is 1.60. The Bertz CT molecular complexity index is 1400. The number of ether oxygens (including phenoxy) is 2. The molecule has 3 saturated heterocycles. The predicted octanol–water partition coefficient (Wildman–Crippen LogP) is 2.71. The molecular weight excluding hydrogens is 532 g/mol. The highest BCUT2D eigenvalue weighted by Crippen LogP contribution is 2.54. The molecule has 40 heavy (non-hydrogen) atoms. The number of carbonyl (C=O) groups is 1. The minimum atomic E-state index is -3.80. The van der Waals surface area contributed by atoms with Crippen molar-refractivity contribution < 1.29 is 22.7 Å². The Morgan fingerprint density at radius 2 is 1.80 bits per heavy atom. The second-order valence-corrected chi connectivity index (χ2v) is 13.8. The Labute approximate surface area is 235 Å². The SMILES string of the molecule is Cc1cc(NC(=O)c2ccc(S(=O)(=O)NC3(C)COC3)cc2N2CCC3(CC2)CC3)nc(N2CCO[C@H](C)C2)n1. The van der Waals surface area contributed by atoms with Crippen LogP contribution in [0.15, 0.2) is 29.2 Å². The largest absolute Gasteiger partial charge is 0.377 e. The lowest BCUT2D eigenvalue weighted by Gasteiger charge is -2.38. The molecule has 1 aromatic carbocycles. The minimum Gasteiger partial charge on any atom is -0.377 e. The number of anilines is 3. The van der Waals surface area contributed by atoms with E-state index in [-0.39, 0.29) is 16.9 Å². The Hall–Kier alpha value is -2.80. The van der Waals surface area contributed by atoms with Crippen molar-refractivity contribution in [2.45, 2.75) is 63.0 Å². The molecule has 4 aliphatic rings. The molecule has 1 aliphatic carbocycles. The number of sulfonamides is 1. The molecule has 1 aromatic heterocycles. The van der Waals surface area contributed by atoms with Gasteiger partial charge < -0.3 is 24.6 Å². The topological polar surface area (TPSA) is 126 Å². The van der Waals surface area contributed by atoms with Crippen LogP contribution >= 0.6 is 0 Å². The van der Waals surface area contributed by atoms with Gasteiger partial charge in [0.05, 0.1) is 47.6 Å². The molecule has 2 N–H and O–H groups in total. The second-order valence-electron chi connectivity index (χ2n) is 12.1. The summed E-state index contributed by atoms with van der Waals surface area (Å²) in [6, 6.07) is 6.49. The summed E-state index contributed by atoms with van der Waals surface area (Å²) in [6.07, 6.45) is 4.67. The van der Waals surface area contributed by atoms with E-state index in [4.69, 9.17) is 9.47 Å². The van der Waals surface area contributed by atoms with Gasteiger partial charge in [-0.15, -0.1) is 0 Å². The van der Waals surface area contributed by atoms with E-state index in [1.165, 1.54) is 18.9 Å². The van der Waals surface area contributed by atoms with Crippen LogP contribution in [-0.2, 0) is 19.5 Å². The summed E-state index contributed by atoms with van der Waals surface area (Å²) in [5, 5.41) is 2.96. The number of amides is 1. The molecule has 0 bridgehead atoms. The van der Waals surface area contributed by atoms with Gasteiger partial charge in [0.1, 0.15) is 5.82 Å². The fourth-order valence-corrected chi connectivity index (χ4v) is 7.22. The summed E-state index contributed by atoms with van der Waals surface area (Å²) in [5.74, 6) is 0.624. The van der Waals surface area contributed by atoms with Gasteiger partial charge in [0.25, 0.3) is 5.91 Å². The molecule has 3 aliphatic heterocycles. The van der Waals surface area contributed by atoms with Crippen LogP contribution < -0.4 is 19.8 Å². The van der Waals surface area contributed by atoms with Crippen LogP contribution in [0.2, 0.25) is 0 Å². The zero-order valence-corrected chi connectivity index (χ0v) is 24.2. The average molecular weight is 571 g/mol. The molecule has 1 saturated carbocycles. The average Bonchev–Trinajstić information content (AvgIpc) is 3.66. The second kappa shape index (κ2) is 10.2. The van der Waals surface area contributed by atoms with E-state index in [0.29, 0.717) is 61.3 Å². The Morgan fingerprint density at radius 3 is 2.45 bits per heavy atom. The van der Waals surface area contributed by atoms with Gasteiger partial charge >= 0.3 is 0 Å². The van der Waals surface area contributed by atoms with Crippen LogP contribution in [0.1, 0.15) is 55.6 Å². The first-order chi connectivity index (χ1) is 19.0. The number of piperidine rings is 1. The number of aromatic nitrogens is 2. The lowest BCUT2D eigenvalue weighted by Crippen LogP contribution is -2.59. The third-order valence-corrected chi connectivity index (χ3v) is 10.1. The van der Waals surface area contributed by atoms with Crippen molar-refractivity contribution in [1.29, 1.82) is 0 Å². The van der Waals surface area contributed by atoms with Crippen molar-refractivity contribution in [1.82, 2.24) is 14.7 Å². The molecule has 4 heterocycles. The standard InChI is InChI=1S/C28H38N6O5S/c1-19-14-24(31-26(29-19)34-12-13-39-20(2)16-34)30-25(35)22-5-4-21(40(36,37)32-27(3)17-38-18-27)15-23(22)33-10-8-28(6-7-28)9-11-33/h4-5,14-15,20,32H,6-13,16-18H2,1-3H3,(H,29,30,31,35)/t20-/m1/s1.